The van der Waals surface area contributed by atoms with Gasteiger partial charge in [-0.05, 0) is 17.5 Å². The first-order chi connectivity index (χ1) is 13.5. The van der Waals surface area contributed by atoms with Gasteiger partial charge < -0.3 is 15.7 Å². The van der Waals surface area contributed by atoms with Gasteiger partial charge in [0, 0.05) is 13.0 Å². The van der Waals surface area contributed by atoms with Crippen LogP contribution in [0.5, 0.6) is 0 Å². The van der Waals surface area contributed by atoms with Gasteiger partial charge in [-0.1, -0.05) is 60.7 Å². The van der Waals surface area contributed by atoms with E-state index in [0.717, 1.165) is 11.1 Å². The van der Waals surface area contributed by atoms with Crippen LogP contribution in [0.25, 0.3) is 0 Å². The van der Waals surface area contributed by atoms with Crippen molar-refractivity contribution in [1.82, 2.24) is 16.0 Å². The summed E-state index contributed by atoms with van der Waals surface area (Å²) in [6.45, 7) is 0.448. The van der Waals surface area contributed by atoms with Gasteiger partial charge >= 0.3 is 35.5 Å². The summed E-state index contributed by atoms with van der Waals surface area (Å²) in [6, 6.07) is 16.7. The quantitative estimate of drug-likeness (QED) is 0.342. The van der Waals surface area contributed by atoms with E-state index >= 15 is 0 Å². The second kappa shape index (κ2) is 11.1. The predicted octanol–water partition coefficient (Wildman–Crippen LogP) is -0.151. The van der Waals surface area contributed by atoms with Crippen LogP contribution in [0.4, 0.5) is 0 Å². The third-order valence-corrected chi connectivity index (χ3v) is 4.60. The van der Waals surface area contributed by atoms with Gasteiger partial charge in [0.25, 0.3) is 0 Å². The van der Waals surface area contributed by atoms with Crippen molar-refractivity contribution in [2.75, 3.05) is 6.54 Å². The first kappa shape index (κ1) is 23.1. The summed E-state index contributed by atoms with van der Waals surface area (Å²) < 4.78 is 0. The van der Waals surface area contributed by atoms with Gasteiger partial charge in [-0.2, -0.15) is 0 Å². The molecule has 0 aliphatic carbocycles. The zero-order chi connectivity index (χ0) is 19.9. The van der Waals surface area contributed by atoms with Gasteiger partial charge in [0.15, 0.2) is 0 Å². The van der Waals surface area contributed by atoms with E-state index in [1.54, 1.807) is 0 Å². The molecule has 2 aromatic rings. The Labute approximate surface area is 191 Å². The number of hydrogen-bond acceptors (Lipinski definition) is 4. The van der Waals surface area contributed by atoms with Gasteiger partial charge in [-0.3, -0.25) is 19.7 Å². The number of benzene rings is 2. The van der Waals surface area contributed by atoms with Crippen LogP contribution in [0.3, 0.4) is 0 Å². The Hall–Kier alpha value is -2.19. The van der Waals surface area contributed by atoms with Crippen LogP contribution in [0, 0.1) is 0 Å². The van der Waals surface area contributed by atoms with Crippen molar-refractivity contribution in [1.29, 1.82) is 0 Å². The van der Waals surface area contributed by atoms with E-state index in [1.807, 2.05) is 60.7 Å². The maximum absolute atomic E-state index is 12.7. The van der Waals surface area contributed by atoms with Crippen LogP contribution >= 0.6 is 0 Å². The molecule has 3 rings (SSSR count). The van der Waals surface area contributed by atoms with Gasteiger partial charge in [0.1, 0.15) is 18.1 Å². The van der Waals surface area contributed by atoms with Gasteiger partial charge in [0.05, 0.1) is 0 Å². The molecule has 1 fully saturated rings. The summed E-state index contributed by atoms with van der Waals surface area (Å²) in [4.78, 5) is 35.9. The fourth-order valence-corrected chi connectivity index (χ4v) is 3.00. The number of carboxylic acid groups (broad SMARTS) is 1. The Bertz CT molecular complexity index is 832. The Morgan fingerprint density at radius 2 is 1.52 bits per heavy atom. The van der Waals surface area contributed by atoms with E-state index in [4.69, 9.17) is 5.11 Å². The first-order valence-electron chi connectivity index (χ1n) is 9.19. The van der Waals surface area contributed by atoms with E-state index in [2.05, 4.69) is 16.0 Å². The van der Waals surface area contributed by atoms with Crippen LogP contribution in [0.2, 0.25) is 0 Å². The predicted molar refractivity (Wildman–Crippen MR) is 111 cm³/mol. The SMILES string of the molecule is O=C(NCCc1ccccc1)[C@H](Cc1ccccc1)NC(=O)[C@H]1N[C@@H]1C(=O)O.[NaH]. The molecule has 0 spiro atoms. The van der Waals surface area contributed by atoms with E-state index in [-0.39, 0.29) is 35.5 Å². The first-order valence-corrected chi connectivity index (χ1v) is 9.19. The maximum atomic E-state index is 12.7. The van der Waals surface area contributed by atoms with Crippen LogP contribution in [0.15, 0.2) is 60.7 Å². The minimum absolute atomic E-state index is 0. The van der Waals surface area contributed by atoms with Crippen molar-refractivity contribution in [3.8, 4) is 0 Å². The van der Waals surface area contributed by atoms with Crippen molar-refractivity contribution < 1.29 is 19.5 Å². The molecule has 0 saturated carbocycles. The molecule has 7 nitrogen and oxygen atoms in total. The van der Waals surface area contributed by atoms with E-state index in [0.29, 0.717) is 19.4 Å². The topological polar surface area (TPSA) is 117 Å². The summed E-state index contributed by atoms with van der Waals surface area (Å²) in [7, 11) is 0. The van der Waals surface area contributed by atoms with Crippen LogP contribution in [0.1, 0.15) is 11.1 Å². The molecule has 1 saturated heterocycles. The molecular formula is C21H24N3NaO4. The molecular weight excluding hydrogens is 381 g/mol. The Balaban J connectivity index is 0.00000300. The average molecular weight is 405 g/mol. The average Bonchev–Trinajstić information content (AvgIpc) is 3.50. The molecule has 0 radical (unpaired) electrons. The number of carbonyl (C=O) groups is 3. The molecule has 1 heterocycles. The van der Waals surface area contributed by atoms with Gasteiger partial charge in [0.2, 0.25) is 11.8 Å². The summed E-state index contributed by atoms with van der Waals surface area (Å²) in [5.74, 6) is -1.85. The van der Waals surface area contributed by atoms with Crippen LogP contribution < -0.4 is 16.0 Å². The molecule has 8 heteroatoms. The molecule has 3 atom stereocenters. The Morgan fingerprint density at radius 1 is 0.931 bits per heavy atom. The summed E-state index contributed by atoms with van der Waals surface area (Å²) >= 11 is 0. The third-order valence-electron chi connectivity index (χ3n) is 4.60. The molecule has 0 bridgehead atoms. The van der Waals surface area contributed by atoms with Crippen molar-refractivity contribution >= 4 is 47.3 Å². The molecule has 148 valence electrons. The summed E-state index contributed by atoms with van der Waals surface area (Å²) in [5, 5.41) is 17.1. The molecule has 4 N–H and O–H groups in total. The number of amides is 2. The number of carbonyl (C=O) groups excluding carboxylic acids is 2. The number of rotatable bonds is 9. The summed E-state index contributed by atoms with van der Waals surface area (Å²) in [5.41, 5.74) is 2.02. The zero-order valence-corrected chi connectivity index (χ0v) is 15.3. The Morgan fingerprint density at radius 3 is 2.07 bits per heavy atom. The van der Waals surface area contributed by atoms with E-state index < -0.39 is 30.0 Å². The second-order valence-electron chi connectivity index (χ2n) is 6.74. The second-order valence-corrected chi connectivity index (χ2v) is 6.74. The number of carboxylic acids is 1. The molecule has 2 amide bonds. The fraction of sp³-hybridized carbons (Fsp3) is 0.286. The van der Waals surface area contributed by atoms with Crippen LogP contribution in [-0.2, 0) is 27.2 Å². The van der Waals surface area contributed by atoms with Crippen molar-refractivity contribution in [2.24, 2.45) is 0 Å². The molecule has 0 unspecified atom stereocenters. The van der Waals surface area contributed by atoms with Crippen molar-refractivity contribution in [3.63, 3.8) is 0 Å². The molecule has 0 aromatic heterocycles. The monoisotopic (exact) mass is 405 g/mol. The van der Waals surface area contributed by atoms with Crippen LogP contribution in [-0.4, -0.2) is 77.1 Å². The molecule has 2 aromatic carbocycles. The molecule has 1 aliphatic rings. The summed E-state index contributed by atoms with van der Waals surface area (Å²) in [6.07, 6.45) is 1.01. The zero-order valence-electron chi connectivity index (χ0n) is 15.3. The normalized spacial score (nSPS) is 18.1. The third kappa shape index (κ3) is 6.97. The van der Waals surface area contributed by atoms with E-state index in [1.165, 1.54) is 0 Å². The van der Waals surface area contributed by atoms with Gasteiger partial charge in [-0.25, -0.2) is 0 Å². The number of aliphatic carboxylic acids is 1. The van der Waals surface area contributed by atoms with Gasteiger partial charge in [-0.15, -0.1) is 0 Å². The molecule has 29 heavy (non-hydrogen) atoms. The molecule has 1 aliphatic heterocycles. The van der Waals surface area contributed by atoms with E-state index in [9.17, 15) is 14.4 Å². The van der Waals surface area contributed by atoms with Crippen molar-refractivity contribution in [3.05, 3.63) is 71.8 Å². The van der Waals surface area contributed by atoms with Crippen molar-refractivity contribution in [2.45, 2.75) is 31.0 Å². The fourth-order valence-electron chi connectivity index (χ4n) is 3.00. The number of nitrogens with one attached hydrogen (secondary N) is 3. The number of hydrogen-bond donors (Lipinski definition) is 4. The Kier molecular flexibility index (Phi) is 8.85. The standard InChI is InChI=1S/C21H23N3O4.Na.H/c25-19(22-12-11-14-7-3-1-4-8-14)16(13-15-9-5-2-6-10-15)23-20(26)17-18(24-17)21(27)28;;/h1-10,16-18,24H,11-13H2,(H,22,25)(H,23,26)(H,27,28);;/t16-,17-,18-;;/m0../s1. The minimum atomic E-state index is -1.08.